The summed E-state index contributed by atoms with van der Waals surface area (Å²) < 4.78 is 6.32. The Balaban J connectivity index is 2.93. The van der Waals surface area contributed by atoms with Crippen LogP contribution >= 0.6 is 6.42 Å². The number of benzene rings is 1. The fourth-order valence-corrected chi connectivity index (χ4v) is 2.63. The highest BCUT2D eigenvalue weighted by molar-refractivity contribution is 8.10. The zero-order chi connectivity index (χ0) is 13.8. The third-order valence-corrected chi connectivity index (χ3v) is 5.00. The van der Waals surface area contributed by atoms with Crippen molar-refractivity contribution in [1.29, 1.82) is 0 Å². The molecule has 1 aromatic carbocycles. The summed E-state index contributed by atoms with van der Waals surface area (Å²) in [6.45, 7) is 1.57. The quantitative estimate of drug-likeness (QED) is 0.659. The van der Waals surface area contributed by atoms with E-state index in [0.29, 0.717) is 6.42 Å². The molecule has 0 fully saturated rings. The minimum Gasteiger partial charge on any atom is -0.468 e. The summed E-state index contributed by atoms with van der Waals surface area (Å²) in [5, 5.41) is 0. The number of ether oxygens (including phenoxy) is 1. The topological polar surface area (TPSA) is 49.8 Å². The molecule has 6 heteroatoms. The molecule has 0 aromatic heterocycles. The van der Waals surface area contributed by atoms with Crippen molar-refractivity contribution in [1.82, 2.24) is 4.67 Å². The maximum Gasteiger partial charge on any atom is 0.323 e. The molecule has 18 heavy (non-hydrogen) atoms. The Morgan fingerprint density at radius 1 is 1.50 bits per heavy atom. The number of hydrogen-bond donors (Lipinski definition) is 1. The van der Waals surface area contributed by atoms with Gasteiger partial charge in [-0.2, -0.15) is 0 Å². The smallest absolute Gasteiger partial charge is 0.323 e. The molecular formula is C12H18NO3PS. The molecule has 0 aliphatic rings. The van der Waals surface area contributed by atoms with E-state index in [9.17, 15) is 9.69 Å². The van der Waals surface area contributed by atoms with Gasteiger partial charge in [-0.25, -0.2) is 4.67 Å². The Kier molecular flexibility index (Phi) is 5.47. The van der Waals surface area contributed by atoms with E-state index < -0.39 is 12.5 Å². The summed E-state index contributed by atoms with van der Waals surface area (Å²) in [7, 11) is 3.00. The van der Waals surface area contributed by atoms with E-state index in [2.05, 4.69) is 0 Å². The second-order valence-electron chi connectivity index (χ2n) is 4.14. The summed E-state index contributed by atoms with van der Waals surface area (Å²) >= 11 is 5.05. The lowest BCUT2D eigenvalue weighted by molar-refractivity contribution is -0.144. The highest BCUT2D eigenvalue weighted by Crippen LogP contribution is 2.41. The van der Waals surface area contributed by atoms with Gasteiger partial charge in [0.05, 0.1) is 7.11 Å². The lowest BCUT2D eigenvalue weighted by Crippen LogP contribution is -2.38. The van der Waals surface area contributed by atoms with E-state index in [1.807, 2.05) is 30.3 Å². The first kappa shape index (κ1) is 15.3. The third kappa shape index (κ3) is 4.18. The summed E-state index contributed by atoms with van der Waals surface area (Å²) in [6.07, 6.45) is -2.18. The van der Waals surface area contributed by atoms with Crippen LogP contribution in [0, 0.1) is 0 Å². The van der Waals surface area contributed by atoms with Crippen LogP contribution in [0.5, 0.6) is 0 Å². The van der Waals surface area contributed by atoms with E-state index in [1.54, 1.807) is 18.4 Å². The molecule has 0 saturated heterocycles. The number of nitrogens with zero attached hydrogens (tertiary/aromatic N) is 1. The Morgan fingerprint density at radius 3 is 2.50 bits per heavy atom. The largest absolute Gasteiger partial charge is 0.468 e. The Labute approximate surface area is 113 Å². The van der Waals surface area contributed by atoms with Gasteiger partial charge in [0.2, 0.25) is 0 Å². The highest BCUT2D eigenvalue weighted by Gasteiger charge is 2.30. The third-order valence-electron chi connectivity index (χ3n) is 2.78. The average molecular weight is 287 g/mol. The van der Waals surface area contributed by atoms with Gasteiger partial charge in [-0.05, 0) is 19.0 Å². The molecule has 4 nitrogen and oxygen atoms in total. The molecule has 1 N–H and O–H groups in total. The van der Waals surface area contributed by atoms with Crippen LogP contribution in [0.2, 0.25) is 0 Å². The molecule has 1 rings (SSSR count). The van der Waals surface area contributed by atoms with E-state index in [0.717, 1.165) is 5.56 Å². The zero-order valence-electron chi connectivity index (χ0n) is 10.7. The van der Waals surface area contributed by atoms with Crippen LogP contribution < -0.4 is 0 Å². The average Bonchev–Trinajstić information content (AvgIpc) is 2.34. The molecule has 0 saturated carbocycles. The van der Waals surface area contributed by atoms with Crippen molar-refractivity contribution < 1.29 is 14.4 Å². The van der Waals surface area contributed by atoms with E-state index in [4.69, 9.17) is 16.5 Å². The second kappa shape index (κ2) is 6.43. The summed E-state index contributed by atoms with van der Waals surface area (Å²) in [5.74, 6) is -0.383. The van der Waals surface area contributed by atoms with Crippen molar-refractivity contribution in [2.24, 2.45) is 0 Å². The van der Waals surface area contributed by atoms with Gasteiger partial charge >= 0.3 is 5.97 Å². The van der Waals surface area contributed by atoms with E-state index >= 15 is 0 Å². The first-order valence-electron chi connectivity index (χ1n) is 5.51. The molecule has 0 heterocycles. The van der Waals surface area contributed by atoms with Crippen LogP contribution in [0.25, 0.3) is 0 Å². The van der Waals surface area contributed by atoms with E-state index in [-0.39, 0.29) is 5.97 Å². The van der Waals surface area contributed by atoms with Crippen LogP contribution in [-0.2, 0) is 27.8 Å². The van der Waals surface area contributed by atoms with Crippen molar-refractivity contribution in [2.45, 2.75) is 12.5 Å². The predicted octanol–water partition coefficient (Wildman–Crippen LogP) is 1.63. The second-order valence-corrected chi connectivity index (χ2v) is 8.51. The molecular weight excluding hydrogens is 269 g/mol. The van der Waals surface area contributed by atoms with Gasteiger partial charge in [-0.15, -0.1) is 0 Å². The molecule has 2 atom stereocenters. The molecule has 0 aliphatic heterocycles. The van der Waals surface area contributed by atoms with Crippen molar-refractivity contribution in [2.75, 3.05) is 20.8 Å². The number of carbonyl (C=O) groups is 1. The minimum absolute atomic E-state index is 0.383. The Bertz CT molecular complexity index is 446. The number of esters is 1. The van der Waals surface area contributed by atoms with Crippen molar-refractivity contribution in [3.63, 3.8) is 0 Å². The lowest BCUT2D eigenvalue weighted by Gasteiger charge is -2.30. The molecule has 0 aliphatic carbocycles. The normalized spacial score (nSPS) is 16.1. The standard InChI is InChI=1S/C12H18NO3PS/c1-13(17(3,15)18)11(12(14)16-2)9-10-7-5-4-6-8-10/h4-8,11H,9H2,1-3H3,(H,15,18). The number of methoxy groups -OCH3 is 1. The number of rotatable bonds is 5. The lowest BCUT2D eigenvalue weighted by atomic mass is 10.1. The highest BCUT2D eigenvalue weighted by atomic mass is 32.4. The van der Waals surface area contributed by atoms with E-state index in [1.165, 1.54) is 7.11 Å². The van der Waals surface area contributed by atoms with Crippen LogP contribution in [0.4, 0.5) is 0 Å². The van der Waals surface area contributed by atoms with Crippen LogP contribution in [0.3, 0.4) is 0 Å². The number of hydrogen-bond acceptors (Lipinski definition) is 3. The molecule has 0 amide bonds. The zero-order valence-corrected chi connectivity index (χ0v) is 12.4. The predicted molar refractivity (Wildman–Crippen MR) is 76.1 cm³/mol. The van der Waals surface area contributed by atoms with Gasteiger partial charge in [0, 0.05) is 6.66 Å². The SMILES string of the molecule is COC(=O)C(Cc1ccccc1)N(C)P(C)(O)=S. The molecule has 0 bridgehead atoms. The monoisotopic (exact) mass is 287 g/mol. The summed E-state index contributed by atoms with van der Waals surface area (Å²) in [5.41, 5.74) is 1.00. The van der Waals surface area contributed by atoms with Crippen molar-refractivity contribution in [3.8, 4) is 0 Å². The van der Waals surface area contributed by atoms with Gasteiger partial charge in [0.1, 0.15) is 12.5 Å². The van der Waals surface area contributed by atoms with Crippen LogP contribution in [0.15, 0.2) is 30.3 Å². The van der Waals surface area contributed by atoms with Gasteiger partial charge in [-0.1, -0.05) is 42.1 Å². The summed E-state index contributed by atoms with van der Waals surface area (Å²) in [4.78, 5) is 21.7. The first-order valence-corrected chi connectivity index (χ1v) is 8.67. The van der Waals surface area contributed by atoms with Gasteiger partial charge in [0.25, 0.3) is 0 Å². The van der Waals surface area contributed by atoms with Gasteiger partial charge < -0.3 is 9.63 Å². The molecule has 0 spiro atoms. The molecule has 100 valence electrons. The number of likely N-dealkylation sites (N-methyl/N-ethyl adjacent to an activating group) is 1. The number of carbonyl (C=O) groups excluding carboxylic acids is 1. The molecule has 0 radical (unpaired) electrons. The van der Waals surface area contributed by atoms with Crippen LogP contribution in [0.1, 0.15) is 5.56 Å². The van der Waals surface area contributed by atoms with Gasteiger partial charge in [-0.3, -0.25) is 4.79 Å². The fourth-order valence-electron chi connectivity index (χ4n) is 1.60. The maximum absolute atomic E-state index is 11.8. The Morgan fingerprint density at radius 2 is 2.06 bits per heavy atom. The minimum atomic E-state index is -2.65. The van der Waals surface area contributed by atoms with Crippen molar-refractivity contribution >= 4 is 24.2 Å². The molecule has 1 aromatic rings. The molecule has 2 unspecified atom stereocenters. The maximum atomic E-state index is 11.8. The van der Waals surface area contributed by atoms with Crippen LogP contribution in [-0.4, -0.2) is 42.4 Å². The van der Waals surface area contributed by atoms with Crippen molar-refractivity contribution in [3.05, 3.63) is 35.9 Å². The summed E-state index contributed by atoms with van der Waals surface area (Å²) in [6, 6.07) is 9.03. The fraction of sp³-hybridized carbons (Fsp3) is 0.417. The Hall–Kier alpha value is -0.740. The van der Waals surface area contributed by atoms with Gasteiger partial charge in [0.15, 0.2) is 0 Å². The first-order chi connectivity index (χ1) is 8.36.